The molecule has 60 heavy (non-hydrogen) atoms. The Kier molecular flexibility index (Phi) is 6.38. The van der Waals surface area contributed by atoms with Crippen LogP contribution in [-0.4, -0.2) is 0 Å². The van der Waals surface area contributed by atoms with Crippen LogP contribution in [-0.2, 0) is 21.7 Å². The summed E-state index contributed by atoms with van der Waals surface area (Å²) < 4.78 is 0. The molecule has 5 fully saturated rings. The predicted molar refractivity (Wildman–Crippen MR) is 248 cm³/mol. The van der Waals surface area contributed by atoms with Crippen LogP contribution in [0.3, 0.4) is 0 Å². The lowest BCUT2D eigenvalue weighted by Gasteiger charge is -2.79. The van der Waals surface area contributed by atoms with Gasteiger partial charge in [-0.05, 0) is 188 Å². The monoisotopic (exact) mass is 797 g/mol. The van der Waals surface area contributed by atoms with Crippen LogP contribution < -0.4 is 4.90 Å². The van der Waals surface area contributed by atoms with Gasteiger partial charge in [-0.15, -0.1) is 0 Å². The van der Waals surface area contributed by atoms with Crippen molar-refractivity contribution in [2.45, 2.75) is 112 Å². The Morgan fingerprint density at radius 1 is 0.533 bits per heavy atom. The van der Waals surface area contributed by atoms with Crippen LogP contribution in [0.4, 0.5) is 17.1 Å². The van der Waals surface area contributed by atoms with Crippen LogP contribution in [0.2, 0.25) is 0 Å². The molecule has 0 aromatic heterocycles. The molecule has 8 aliphatic rings. The Morgan fingerprint density at radius 3 is 2.07 bits per heavy atom. The lowest BCUT2D eigenvalue weighted by Crippen LogP contribution is -2.77. The zero-order valence-corrected chi connectivity index (χ0v) is 36.8. The van der Waals surface area contributed by atoms with E-state index in [4.69, 9.17) is 0 Å². The molecule has 298 valence electrons. The Morgan fingerprint density at radius 2 is 1.20 bits per heavy atom. The van der Waals surface area contributed by atoms with E-state index < -0.39 is 0 Å². The van der Waals surface area contributed by atoms with Crippen molar-refractivity contribution in [3.05, 3.63) is 161 Å². The van der Waals surface area contributed by atoms with Crippen LogP contribution in [0.25, 0.3) is 22.3 Å². The molecule has 7 unspecified atom stereocenters. The summed E-state index contributed by atoms with van der Waals surface area (Å²) in [5.41, 5.74) is 19.8. The fraction of sp³-hybridized carbons (Fsp3) is 0.379. The minimum Gasteiger partial charge on any atom is -0.310 e. The first-order valence-corrected chi connectivity index (χ1v) is 23.9. The fourth-order valence-electron chi connectivity index (χ4n) is 16.6. The van der Waals surface area contributed by atoms with Gasteiger partial charge in [-0.3, -0.25) is 0 Å². The molecular weight excluding hydrogens is 743 g/mol. The molecule has 6 aromatic carbocycles. The van der Waals surface area contributed by atoms with Crippen molar-refractivity contribution in [1.82, 2.24) is 0 Å². The SMILES string of the molecule is CC1(C)CCC(C)(C)c2c(-c3cccc(N(c4ccc5c(c4)C(C)(C)c4ccccc4-5)c4ccc5c(c4)C4(c6ccccc6S5)C5CC6CC7CC65C45CC75)c3)cccc21. The normalized spacial score (nSPS) is 32.3. The molecule has 0 amide bonds. The topological polar surface area (TPSA) is 3.24 Å². The smallest absolute Gasteiger partial charge is 0.0467 e. The highest BCUT2D eigenvalue weighted by molar-refractivity contribution is 7.99. The first-order chi connectivity index (χ1) is 28.9. The lowest BCUT2D eigenvalue weighted by molar-refractivity contribution is -0.258. The molecule has 2 bridgehead atoms. The summed E-state index contributed by atoms with van der Waals surface area (Å²) in [6.45, 7) is 14.7. The molecule has 0 N–H and O–H groups in total. The Hall–Kier alpha value is -4.53. The molecule has 2 heteroatoms. The lowest BCUT2D eigenvalue weighted by atomic mass is 9.24. The van der Waals surface area contributed by atoms with Gasteiger partial charge in [0.1, 0.15) is 0 Å². The summed E-state index contributed by atoms with van der Waals surface area (Å²) in [5.74, 6) is 3.63. The highest BCUT2D eigenvalue weighted by Gasteiger charge is 2.99. The third kappa shape index (κ3) is 3.81. The third-order valence-corrected chi connectivity index (χ3v) is 20.1. The Bertz CT molecular complexity index is 2910. The Balaban J connectivity index is 0.984. The average Bonchev–Trinajstić information content (AvgIpc) is 3.78. The van der Waals surface area contributed by atoms with Gasteiger partial charge >= 0.3 is 0 Å². The molecule has 0 saturated heterocycles. The maximum Gasteiger partial charge on any atom is 0.0467 e. The van der Waals surface area contributed by atoms with E-state index in [0.717, 1.165) is 23.7 Å². The van der Waals surface area contributed by atoms with E-state index in [1.807, 2.05) is 11.8 Å². The van der Waals surface area contributed by atoms with E-state index in [2.05, 4.69) is 174 Å². The quantitative estimate of drug-likeness (QED) is 0.175. The van der Waals surface area contributed by atoms with Crippen LogP contribution in [0.15, 0.2) is 137 Å². The van der Waals surface area contributed by atoms with E-state index in [0.29, 0.717) is 10.8 Å². The maximum atomic E-state index is 2.71. The number of rotatable bonds is 4. The third-order valence-electron chi connectivity index (χ3n) is 19.0. The summed E-state index contributed by atoms with van der Waals surface area (Å²) in [6, 6.07) is 50.5. The molecule has 14 rings (SSSR count). The van der Waals surface area contributed by atoms with Crippen LogP contribution >= 0.6 is 11.8 Å². The average molecular weight is 798 g/mol. The van der Waals surface area contributed by atoms with Gasteiger partial charge in [0.2, 0.25) is 0 Å². The second kappa shape index (κ2) is 10.9. The van der Waals surface area contributed by atoms with E-state index in [9.17, 15) is 0 Å². The molecule has 5 saturated carbocycles. The minimum atomic E-state index is -0.0832. The molecule has 1 aliphatic heterocycles. The summed E-state index contributed by atoms with van der Waals surface area (Å²) in [7, 11) is 0. The van der Waals surface area contributed by atoms with Gasteiger partial charge in [0, 0.05) is 37.7 Å². The summed E-state index contributed by atoms with van der Waals surface area (Å²) in [6.07, 6.45) is 8.33. The molecule has 7 aliphatic carbocycles. The van der Waals surface area contributed by atoms with E-state index >= 15 is 0 Å². The van der Waals surface area contributed by atoms with Crippen molar-refractivity contribution < 1.29 is 0 Å². The zero-order chi connectivity index (χ0) is 40.3. The second-order valence-corrected chi connectivity index (χ2v) is 23.5. The van der Waals surface area contributed by atoms with Gasteiger partial charge in [0.15, 0.2) is 0 Å². The molecule has 7 atom stereocenters. The molecule has 1 nitrogen and oxygen atoms in total. The number of fused-ring (bicyclic) bond motifs is 11. The molecular formula is C58H55NS. The first kappa shape index (κ1) is 35.1. The van der Waals surface area contributed by atoms with Gasteiger partial charge in [0.25, 0.3) is 0 Å². The van der Waals surface area contributed by atoms with Crippen LogP contribution in [0.1, 0.15) is 113 Å². The van der Waals surface area contributed by atoms with Crippen molar-refractivity contribution in [2.75, 3.05) is 4.90 Å². The zero-order valence-electron chi connectivity index (χ0n) is 36.0. The number of benzene rings is 6. The van der Waals surface area contributed by atoms with Crippen molar-refractivity contribution in [3.63, 3.8) is 0 Å². The number of hydrogen-bond donors (Lipinski definition) is 0. The predicted octanol–water partition coefficient (Wildman–Crippen LogP) is 15.3. The van der Waals surface area contributed by atoms with Crippen molar-refractivity contribution in [1.29, 1.82) is 0 Å². The highest BCUT2D eigenvalue weighted by atomic mass is 32.2. The summed E-state index contributed by atoms with van der Waals surface area (Å²) in [5, 5.41) is 0. The maximum absolute atomic E-state index is 2.71. The summed E-state index contributed by atoms with van der Waals surface area (Å²) in [4.78, 5) is 5.65. The Labute approximate surface area is 361 Å². The van der Waals surface area contributed by atoms with Crippen LogP contribution in [0.5, 0.6) is 0 Å². The molecule has 6 aromatic rings. The van der Waals surface area contributed by atoms with Gasteiger partial charge < -0.3 is 4.90 Å². The van der Waals surface area contributed by atoms with Crippen molar-refractivity contribution in [3.8, 4) is 22.3 Å². The minimum absolute atomic E-state index is 0.0832. The van der Waals surface area contributed by atoms with E-state index in [1.54, 1.807) is 11.1 Å². The van der Waals surface area contributed by atoms with E-state index in [-0.39, 0.29) is 21.7 Å². The fourth-order valence-corrected chi connectivity index (χ4v) is 17.8. The molecule has 3 spiro atoms. The largest absolute Gasteiger partial charge is 0.310 e. The summed E-state index contributed by atoms with van der Waals surface area (Å²) >= 11 is 2.04. The van der Waals surface area contributed by atoms with Gasteiger partial charge in [-0.25, -0.2) is 0 Å². The number of hydrogen-bond acceptors (Lipinski definition) is 2. The standard InChI is InChI=1S/C58H55NS/c1-53(2)25-26-54(3,4)52-40(16-12-19-45(52)53)34-13-11-14-37(28-34)59(38-21-23-42-41-15-7-8-17-43(41)55(5,6)46(42)30-38)39-22-24-50-47(31-39)58(44-18-9-10-20-49(44)60-50)51-29-36-27-35-32-56(36,51)57(58)33-48(35)57/h7-24,28,30-31,35-36,48,51H,25-27,29,32-33H2,1-6H3. The van der Waals surface area contributed by atoms with E-state index in [1.165, 1.54) is 110 Å². The van der Waals surface area contributed by atoms with Crippen LogP contribution in [0, 0.1) is 34.5 Å². The van der Waals surface area contributed by atoms with Gasteiger partial charge in [0.05, 0.1) is 0 Å². The van der Waals surface area contributed by atoms with Gasteiger partial charge in [-0.1, -0.05) is 132 Å². The van der Waals surface area contributed by atoms with Crippen molar-refractivity contribution in [2.24, 2.45) is 34.5 Å². The number of anilines is 3. The first-order valence-electron chi connectivity index (χ1n) is 23.1. The second-order valence-electron chi connectivity index (χ2n) is 22.4. The van der Waals surface area contributed by atoms with Gasteiger partial charge in [-0.2, -0.15) is 0 Å². The molecule has 1 heterocycles. The highest BCUT2D eigenvalue weighted by Crippen LogP contribution is 3.03. The molecule has 0 radical (unpaired) electrons. The number of nitrogens with zero attached hydrogens (tertiary/aromatic N) is 1. The van der Waals surface area contributed by atoms with Crippen molar-refractivity contribution >= 4 is 28.8 Å².